The number of rotatable bonds is 1. The maximum absolute atomic E-state index is 8.95. The highest BCUT2D eigenvalue weighted by Crippen LogP contribution is 2.08. The molecule has 2 aromatic rings. The van der Waals surface area contributed by atoms with Gasteiger partial charge in [0.2, 0.25) is 0 Å². The predicted octanol–water partition coefficient (Wildman–Crippen LogP) is -0.152. The minimum Gasteiger partial charge on any atom is -0.423 e. The second-order valence-electron chi connectivity index (χ2n) is 2.66. The van der Waals surface area contributed by atoms with Gasteiger partial charge in [-0.25, -0.2) is 0 Å². The van der Waals surface area contributed by atoms with Gasteiger partial charge < -0.3 is 15.0 Å². The van der Waals surface area contributed by atoms with Crippen molar-refractivity contribution in [2.75, 3.05) is 0 Å². The van der Waals surface area contributed by atoms with E-state index < -0.39 is 7.12 Å². The zero-order valence-electron chi connectivity index (χ0n) is 6.36. The van der Waals surface area contributed by atoms with Crippen LogP contribution in [0.15, 0.2) is 30.5 Å². The second-order valence-corrected chi connectivity index (χ2v) is 2.66. The number of hydrogen-bond donors (Lipinski definition) is 3. The molecule has 0 aliphatic rings. The quantitative estimate of drug-likeness (QED) is 0.509. The molecule has 0 amide bonds. The Morgan fingerprint density at radius 2 is 1.92 bits per heavy atom. The van der Waals surface area contributed by atoms with Crippen molar-refractivity contribution in [1.29, 1.82) is 0 Å². The van der Waals surface area contributed by atoms with Gasteiger partial charge in [0, 0.05) is 17.2 Å². The van der Waals surface area contributed by atoms with Crippen LogP contribution < -0.4 is 5.46 Å². The summed E-state index contributed by atoms with van der Waals surface area (Å²) in [6.07, 6.45) is 1.61. The fourth-order valence-electron chi connectivity index (χ4n) is 1.31. The molecule has 0 spiro atoms. The summed E-state index contributed by atoms with van der Waals surface area (Å²) in [5, 5.41) is 18.7. The average molecular weight is 161 g/mol. The predicted molar refractivity (Wildman–Crippen MR) is 48.1 cm³/mol. The number of aromatic amines is 1. The molecule has 0 fully saturated rings. The zero-order valence-corrected chi connectivity index (χ0v) is 6.36. The van der Waals surface area contributed by atoms with E-state index in [1.54, 1.807) is 6.20 Å². The molecule has 1 aromatic carbocycles. The highest BCUT2D eigenvalue weighted by Gasteiger charge is 2.14. The Morgan fingerprint density at radius 1 is 1.17 bits per heavy atom. The Hall–Kier alpha value is -1.26. The van der Waals surface area contributed by atoms with Crippen LogP contribution in [0.1, 0.15) is 0 Å². The van der Waals surface area contributed by atoms with E-state index in [-0.39, 0.29) is 0 Å². The van der Waals surface area contributed by atoms with E-state index in [1.807, 2.05) is 24.3 Å². The molecule has 1 aromatic heterocycles. The van der Waals surface area contributed by atoms with E-state index in [1.165, 1.54) is 0 Å². The van der Waals surface area contributed by atoms with Crippen LogP contribution in [0.2, 0.25) is 0 Å². The summed E-state index contributed by atoms with van der Waals surface area (Å²) in [4.78, 5) is 2.95. The number of H-pyrrole nitrogens is 1. The van der Waals surface area contributed by atoms with Crippen molar-refractivity contribution in [1.82, 2.24) is 4.98 Å². The molecule has 0 unspecified atom stereocenters. The Bertz CT molecular complexity index is 397. The largest absolute Gasteiger partial charge is 0.490 e. The van der Waals surface area contributed by atoms with Crippen LogP contribution >= 0.6 is 0 Å². The zero-order chi connectivity index (χ0) is 8.55. The number of para-hydroxylation sites is 1. The minimum atomic E-state index is -1.40. The van der Waals surface area contributed by atoms with Crippen LogP contribution in [0.3, 0.4) is 0 Å². The van der Waals surface area contributed by atoms with Crippen LogP contribution in [0.4, 0.5) is 0 Å². The third-order valence-corrected chi connectivity index (χ3v) is 1.90. The van der Waals surface area contributed by atoms with Gasteiger partial charge in [0.25, 0.3) is 0 Å². The summed E-state index contributed by atoms with van der Waals surface area (Å²) < 4.78 is 0. The molecule has 0 aliphatic carbocycles. The Morgan fingerprint density at radius 3 is 2.67 bits per heavy atom. The lowest BCUT2D eigenvalue weighted by Crippen LogP contribution is -2.28. The van der Waals surface area contributed by atoms with Gasteiger partial charge in [0.15, 0.2) is 0 Å². The topological polar surface area (TPSA) is 56.2 Å². The maximum atomic E-state index is 8.95. The first-order valence-corrected chi connectivity index (χ1v) is 3.71. The lowest BCUT2D eigenvalue weighted by molar-refractivity contribution is 0.426. The summed E-state index contributed by atoms with van der Waals surface area (Å²) in [6, 6.07) is 7.50. The third-order valence-electron chi connectivity index (χ3n) is 1.90. The SMILES string of the molecule is OB(O)c1c[nH]c2ccccc12. The van der Waals surface area contributed by atoms with Gasteiger partial charge in [0.05, 0.1) is 0 Å². The lowest BCUT2D eigenvalue weighted by atomic mass is 9.80. The van der Waals surface area contributed by atoms with Crippen LogP contribution in [0.25, 0.3) is 10.9 Å². The van der Waals surface area contributed by atoms with E-state index in [0.717, 1.165) is 10.9 Å². The monoisotopic (exact) mass is 161 g/mol. The first-order chi connectivity index (χ1) is 5.79. The van der Waals surface area contributed by atoms with Crippen LogP contribution in [0, 0.1) is 0 Å². The summed E-state index contributed by atoms with van der Waals surface area (Å²) in [7, 11) is -1.40. The lowest BCUT2D eigenvalue weighted by Gasteiger charge is -1.94. The Balaban J connectivity index is 2.70. The van der Waals surface area contributed by atoms with Crippen LogP contribution in [0.5, 0.6) is 0 Å². The molecule has 0 aliphatic heterocycles. The van der Waals surface area contributed by atoms with Gasteiger partial charge in [-0.2, -0.15) is 0 Å². The van der Waals surface area contributed by atoms with Gasteiger partial charge >= 0.3 is 7.12 Å². The molecule has 12 heavy (non-hydrogen) atoms. The molecule has 0 saturated heterocycles. The molecule has 3 N–H and O–H groups in total. The smallest absolute Gasteiger partial charge is 0.423 e. The number of aromatic nitrogens is 1. The van der Waals surface area contributed by atoms with Crippen LogP contribution in [-0.4, -0.2) is 22.2 Å². The molecule has 3 nitrogen and oxygen atoms in total. The number of nitrogens with one attached hydrogen (secondary N) is 1. The van der Waals surface area contributed by atoms with Gasteiger partial charge in [-0.3, -0.25) is 0 Å². The van der Waals surface area contributed by atoms with Crippen molar-refractivity contribution in [2.45, 2.75) is 0 Å². The van der Waals surface area contributed by atoms with Gasteiger partial charge in [-0.1, -0.05) is 18.2 Å². The fraction of sp³-hybridized carbons (Fsp3) is 0. The van der Waals surface area contributed by atoms with E-state index in [0.29, 0.717) is 5.46 Å². The van der Waals surface area contributed by atoms with Gasteiger partial charge in [-0.15, -0.1) is 0 Å². The minimum absolute atomic E-state index is 0.519. The first kappa shape index (κ1) is 7.40. The maximum Gasteiger partial charge on any atom is 0.490 e. The molecule has 60 valence electrons. The Kier molecular flexibility index (Phi) is 1.64. The third kappa shape index (κ3) is 1.01. The highest BCUT2D eigenvalue weighted by molar-refractivity contribution is 6.62. The van der Waals surface area contributed by atoms with E-state index in [2.05, 4.69) is 4.98 Å². The molecule has 0 atom stereocenters. The first-order valence-electron chi connectivity index (χ1n) is 3.71. The summed E-state index contributed by atoms with van der Waals surface area (Å²) in [5.41, 5.74) is 1.44. The number of hydrogen-bond acceptors (Lipinski definition) is 2. The standard InChI is InChI=1S/C8H8BNO2/c11-9(12)7-5-10-8-4-2-1-3-6(7)8/h1-5,10-12H. The van der Waals surface area contributed by atoms with Gasteiger partial charge in [-0.05, 0) is 11.5 Å². The second kappa shape index (κ2) is 2.66. The summed E-state index contributed by atoms with van der Waals surface area (Å²) >= 11 is 0. The summed E-state index contributed by atoms with van der Waals surface area (Å²) in [5.74, 6) is 0. The van der Waals surface area contributed by atoms with Crippen molar-refractivity contribution in [3.63, 3.8) is 0 Å². The molecule has 2 rings (SSSR count). The van der Waals surface area contributed by atoms with Crippen molar-refractivity contribution < 1.29 is 10.0 Å². The van der Waals surface area contributed by atoms with E-state index in [9.17, 15) is 0 Å². The molecule has 0 radical (unpaired) electrons. The molecule has 0 bridgehead atoms. The van der Waals surface area contributed by atoms with Crippen LogP contribution in [-0.2, 0) is 0 Å². The normalized spacial score (nSPS) is 10.5. The van der Waals surface area contributed by atoms with E-state index in [4.69, 9.17) is 10.0 Å². The molecule has 0 saturated carbocycles. The summed E-state index contributed by atoms with van der Waals surface area (Å²) in [6.45, 7) is 0. The molecule has 4 heteroatoms. The number of benzene rings is 1. The van der Waals surface area contributed by atoms with Crippen molar-refractivity contribution >= 4 is 23.5 Å². The fourth-order valence-corrected chi connectivity index (χ4v) is 1.31. The molecular weight excluding hydrogens is 153 g/mol. The highest BCUT2D eigenvalue weighted by atomic mass is 16.4. The molecule has 1 heterocycles. The Labute approximate surface area is 69.8 Å². The van der Waals surface area contributed by atoms with Crippen molar-refractivity contribution in [3.8, 4) is 0 Å². The number of fused-ring (bicyclic) bond motifs is 1. The van der Waals surface area contributed by atoms with Crippen molar-refractivity contribution in [2.24, 2.45) is 0 Å². The van der Waals surface area contributed by atoms with E-state index >= 15 is 0 Å². The van der Waals surface area contributed by atoms with Crippen molar-refractivity contribution in [3.05, 3.63) is 30.5 Å². The molecular formula is C8H8BNO2. The average Bonchev–Trinajstić information content (AvgIpc) is 2.47. The van der Waals surface area contributed by atoms with Gasteiger partial charge in [0.1, 0.15) is 0 Å².